The van der Waals surface area contributed by atoms with Crippen LogP contribution in [0.3, 0.4) is 0 Å². The van der Waals surface area contributed by atoms with Gasteiger partial charge in [0.1, 0.15) is 6.33 Å². The summed E-state index contributed by atoms with van der Waals surface area (Å²) in [6, 6.07) is 6.71. The number of nitrogens with zero attached hydrogens (tertiary/aromatic N) is 4. The Hall–Kier alpha value is -3.56. The molecule has 140 valence electrons. The van der Waals surface area contributed by atoms with Crippen LogP contribution in [0.15, 0.2) is 35.1 Å². The summed E-state index contributed by atoms with van der Waals surface area (Å²) in [4.78, 5) is 32.0. The zero-order chi connectivity index (χ0) is 19.1. The number of amides is 2. The Morgan fingerprint density at radius 3 is 2.74 bits per heavy atom. The number of aryl methyl sites for hydroxylation is 1. The van der Waals surface area contributed by atoms with Gasteiger partial charge < -0.3 is 15.2 Å². The maximum absolute atomic E-state index is 12.1. The quantitative estimate of drug-likeness (QED) is 0.547. The molecule has 3 N–H and O–H groups in total. The molecule has 2 heterocycles. The van der Waals surface area contributed by atoms with E-state index in [-0.39, 0.29) is 18.2 Å². The summed E-state index contributed by atoms with van der Waals surface area (Å²) in [7, 11) is 0. The minimum atomic E-state index is -0.197. The van der Waals surface area contributed by atoms with Gasteiger partial charge in [-0.25, -0.2) is 4.98 Å². The fourth-order valence-corrected chi connectivity index (χ4v) is 2.26. The number of nitrogens with one attached hydrogen (secondary N) is 3. The van der Waals surface area contributed by atoms with Gasteiger partial charge >= 0.3 is 0 Å². The number of hydrogen-bond donors (Lipinski definition) is 3. The predicted molar refractivity (Wildman–Crippen MR) is 95.7 cm³/mol. The van der Waals surface area contributed by atoms with Crippen LogP contribution < -0.4 is 10.6 Å². The Morgan fingerprint density at radius 2 is 2.04 bits per heavy atom. The second-order valence-corrected chi connectivity index (χ2v) is 5.73. The topological polar surface area (TPSA) is 139 Å². The Morgan fingerprint density at radius 1 is 1.22 bits per heavy atom. The van der Waals surface area contributed by atoms with Gasteiger partial charge in [-0.2, -0.15) is 10.1 Å². The van der Waals surface area contributed by atoms with Crippen LogP contribution in [0.5, 0.6) is 0 Å². The monoisotopic (exact) mass is 369 g/mol. The van der Waals surface area contributed by atoms with Gasteiger partial charge in [0.2, 0.25) is 17.6 Å². The fourth-order valence-electron chi connectivity index (χ4n) is 2.26. The molecular weight excluding hydrogens is 350 g/mol. The summed E-state index contributed by atoms with van der Waals surface area (Å²) in [5, 5.41) is 15.7. The number of rotatable bonds is 8. The van der Waals surface area contributed by atoms with Crippen LogP contribution in [-0.2, 0) is 11.2 Å². The van der Waals surface area contributed by atoms with E-state index >= 15 is 0 Å². The molecular formula is C17H19N7O3. The van der Waals surface area contributed by atoms with Crippen molar-refractivity contribution < 1.29 is 14.1 Å². The first-order valence-corrected chi connectivity index (χ1v) is 8.52. The molecule has 0 spiro atoms. The number of carbonyl (C=O) groups excluding carboxylic acids is 2. The third kappa shape index (κ3) is 4.97. The van der Waals surface area contributed by atoms with Crippen molar-refractivity contribution in [2.45, 2.75) is 26.2 Å². The minimum Gasteiger partial charge on any atom is -0.352 e. The first-order valence-electron chi connectivity index (χ1n) is 8.52. The molecule has 2 amide bonds. The average Bonchev–Trinajstić information content (AvgIpc) is 3.36. The zero-order valence-corrected chi connectivity index (χ0v) is 14.7. The largest absolute Gasteiger partial charge is 0.352 e. The van der Waals surface area contributed by atoms with Crippen molar-refractivity contribution in [2.24, 2.45) is 0 Å². The van der Waals surface area contributed by atoms with Crippen LogP contribution in [0.2, 0.25) is 0 Å². The van der Waals surface area contributed by atoms with E-state index in [9.17, 15) is 9.59 Å². The van der Waals surface area contributed by atoms with Gasteiger partial charge in [0.25, 0.3) is 5.91 Å². The fraction of sp³-hybridized carbons (Fsp3) is 0.294. The van der Waals surface area contributed by atoms with Gasteiger partial charge in [-0.15, -0.1) is 0 Å². The van der Waals surface area contributed by atoms with Crippen LogP contribution in [0, 0.1) is 0 Å². The van der Waals surface area contributed by atoms with Crippen molar-refractivity contribution in [2.75, 3.05) is 11.9 Å². The Labute approximate surface area is 154 Å². The minimum absolute atomic E-state index is 0.131. The van der Waals surface area contributed by atoms with Gasteiger partial charge in [-0.1, -0.05) is 12.1 Å². The van der Waals surface area contributed by atoms with Crippen LogP contribution in [0.25, 0.3) is 11.6 Å². The van der Waals surface area contributed by atoms with Crippen LogP contribution in [-0.4, -0.2) is 43.7 Å². The van der Waals surface area contributed by atoms with Gasteiger partial charge in [-0.3, -0.25) is 14.7 Å². The number of H-pyrrole nitrogens is 1. The molecule has 1 aromatic carbocycles. The summed E-state index contributed by atoms with van der Waals surface area (Å²) in [5.74, 6) is 0.697. The van der Waals surface area contributed by atoms with Crippen molar-refractivity contribution in [1.82, 2.24) is 30.6 Å². The second kappa shape index (κ2) is 8.70. The van der Waals surface area contributed by atoms with E-state index in [4.69, 9.17) is 4.52 Å². The molecule has 3 aromatic rings. The van der Waals surface area contributed by atoms with E-state index in [1.807, 2.05) is 6.92 Å². The van der Waals surface area contributed by atoms with Gasteiger partial charge in [0, 0.05) is 30.6 Å². The standard InChI is InChI=1S/C17H19N7O3/c1-2-9-18-17(26)11-3-5-12(6-4-11)21-13(25)7-8-14-22-16(24-27-14)15-19-10-20-23-15/h3-6,10H,2,7-9H2,1H3,(H,18,26)(H,21,25)(H,19,20,23). The zero-order valence-electron chi connectivity index (χ0n) is 14.7. The number of aromatic nitrogens is 5. The third-order valence-corrected chi connectivity index (χ3v) is 3.63. The van der Waals surface area contributed by atoms with Gasteiger partial charge in [-0.05, 0) is 30.7 Å². The van der Waals surface area contributed by atoms with Crippen molar-refractivity contribution in [1.29, 1.82) is 0 Å². The maximum atomic E-state index is 12.1. The smallest absolute Gasteiger partial charge is 0.251 e. The second-order valence-electron chi connectivity index (χ2n) is 5.73. The lowest BCUT2D eigenvalue weighted by Crippen LogP contribution is -2.23. The lowest BCUT2D eigenvalue weighted by molar-refractivity contribution is -0.116. The van der Waals surface area contributed by atoms with Crippen molar-refractivity contribution in [3.63, 3.8) is 0 Å². The summed E-state index contributed by atoms with van der Waals surface area (Å²) in [5.41, 5.74) is 1.16. The first-order chi connectivity index (χ1) is 13.2. The maximum Gasteiger partial charge on any atom is 0.251 e. The molecule has 0 unspecified atom stereocenters. The van der Waals surface area contributed by atoms with Gasteiger partial charge in [0.05, 0.1) is 0 Å². The molecule has 0 radical (unpaired) electrons. The lowest BCUT2D eigenvalue weighted by atomic mass is 10.2. The van der Waals surface area contributed by atoms with Crippen molar-refractivity contribution in [3.05, 3.63) is 42.0 Å². The normalized spacial score (nSPS) is 10.6. The lowest BCUT2D eigenvalue weighted by Gasteiger charge is -2.06. The predicted octanol–water partition coefficient (Wildman–Crippen LogP) is 1.57. The van der Waals surface area contributed by atoms with E-state index < -0.39 is 0 Å². The van der Waals surface area contributed by atoms with Gasteiger partial charge in [0.15, 0.2) is 5.82 Å². The van der Waals surface area contributed by atoms with Crippen LogP contribution in [0.4, 0.5) is 5.69 Å². The molecule has 0 atom stereocenters. The molecule has 0 aliphatic rings. The number of carbonyl (C=O) groups is 2. The molecule has 0 fully saturated rings. The Kier molecular flexibility index (Phi) is 5.87. The number of hydrogen-bond acceptors (Lipinski definition) is 7. The molecule has 2 aromatic heterocycles. The first kappa shape index (κ1) is 18.2. The number of benzene rings is 1. The molecule has 3 rings (SSSR count). The van der Waals surface area contributed by atoms with Crippen molar-refractivity contribution in [3.8, 4) is 11.6 Å². The van der Waals surface area contributed by atoms with Crippen molar-refractivity contribution >= 4 is 17.5 Å². The molecule has 0 saturated heterocycles. The highest BCUT2D eigenvalue weighted by Gasteiger charge is 2.13. The number of aromatic amines is 1. The highest BCUT2D eigenvalue weighted by Crippen LogP contribution is 2.12. The molecule has 27 heavy (non-hydrogen) atoms. The van der Waals surface area contributed by atoms with E-state index in [1.165, 1.54) is 6.33 Å². The third-order valence-electron chi connectivity index (χ3n) is 3.63. The molecule has 0 aliphatic carbocycles. The van der Waals surface area contributed by atoms with E-state index in [1.54, 1.807) is 24.3 Å². The summed E-state index contributed by atoms with van der Waals surface area (Å²) < 4.78 is 5.09. The highest BCUT2D eigenvalue weighted by molar-refractivity contribution is 5.95. The van der Waals surface area contributed by atoms with Crippen LogP contribution >= 0.6 is 0 Å². The SMILES string of the molecule is CCCNC(=O)c1ccc(NC(=O)CCc2nc(-c3ncn[nH]3)no2)cc1. The summed E-state index contributed by atoms with van der Waals surface area (Å²) in [6.45, 7) is 2.62. The van der Waals surface area contributed by atoms with E-state index in [0.29, 0.717) is 41.8 Å². The molecule has 0 aliphatic heterocycles. The number of anilines is 1. The summed E-state index contributed by atoms with van der Waals surface area (Å²) in [6.07, 6.45) is 2.69. The molecule has 0 bridgehead atoms. The average molecular weight is 369 g/mol. The molecule has 0 saturated carbocycles. The molecule has 10 heteroatoms. The molecule has 10 nitrogen and oxygen atoms in total. The van der Waals surface area contributed by atoms with E-state index in [0.717, 1.165) is 6.42 Å². The Balaban J connectivity index is 1.48. The summed E-state index contributed by atoms with van der Waals surface area (Å²) >= 11 is 0. The Bertz CT molecular complexity index is 888. The van der Waals surface area contributed by atoms with Crippen LogP contribution in [0.1, 0.15) is 36.0 Å². The van der Waals surface area contributed by atoms with E-state index in [2.05, 4.69) is 36.0 Å². The highest BCUT2D eigenvalue weighted by atomic mass is 16.5.